The minimum absolute atomic E-state index is 0. The summed E-state index contributed by atoms with van der Waals surface area (Å²) in [5, 5.41) is 11.7. The molecule has 0 atom stereocenters. The van der Waals surface area contributed by atoms with Crippen LogP contribution in [0.2, 0.25) is 0 Å². The summed E-state index contributed by atoms with van der Waals surface area (Å²) in [7, 11) is 1.55. The normalized spacial score (nSPS) is 18.9. The summed E-state index contributed by atoms with van der Waals surface area (Å²) in [5.41, 5.74) is 0.831. The van der Waals surface area contributed by atoms with E-state index in [1.165, 1.54) is 12.8 Å². The van der Waals surface area contributed by atoms with Crippen molar-refractivity contribution in [2.75, 3.05) is 13.7 Å². The number of nitrogens with one attached hydrogen (secondary N) is 1. The maximum absolute atomic E-state index is 12.1. The second kappa shape index (κ2) is 12.9. The molecule has 0 spiro atoms. The van der Waals surface area contributed by atoms with Crippen LogP contribution in [-0.4, -0.2) is 66.3 Å². The first-order valence-corrected chi connectivity index (χ1v) is 9.49. The minimum atomic E-state index is -0.841. The zero-order valence-corrected chi connectivity index (χ0v) is 19.1. The predicted octanol–water partition coefficient (Wildman–Crippen LogP) is 3.27. The molecule has 1 radical (unpaired) electrons. The molecule has 1 aliphatic rings. The average Bonchev–Trinajstić information content (AvgIpc) is 2.65. The number of ether oxygens (including phenoxy) is 2. The van der Waals surface area contributed by atoms with Crippen LogP contribution in [0.25, 0.3) is 6.08 Å². The second-order valence-electron chi connectivity index (χ2n) is 7.05. The number of aliphatic carboxylic acids is 1. The molecular formula is C21H29NNaO5. The van der Waals surface area contributed by atoms with Crippen LogP contribution in [0.15, 0.2) is 24.3 Å². The molecule has 1 saturated carbocycles. The van der Waals surface area contributed by atoms with Crippen LogP contribution in [-0.2, 0) is 9.59 Å². The van der Waals surface area contributed by atoms with Crippen LogP contribution < -0.4 is 14.8 Å². The third kappa shape index (κ3) is 8.67. The van der Waals surface area contributed by atoms with E-state index < -0.39 is 5.97 Å². The quantitative estimate of drug-likeness (QED) is 0.379. The Morgan fingerprint density at radius 2 is 1.93 bits per heavy atom. The van der Waals surface area contributed by atoms with E-state index in [0.29, 0.717) is 24.5 Å². The van der Waals surface area contributed by atoms with E-state index >= 15 is 0 Å². The van der Waals surface area contributed by atoms with Gasteiger partial charge in [-0.1, -0.05) is 13.0 Å². The maximum atomic E-state index is 12.1. The first-order valence-electron chi connectivity index (χ1n) is 9.49. The SMILES string of the molecule is COc1cc(C=CC(=O)N[C@H]2CC[C@H](C)CC2)ccc1OCCCC(=O)O.[Na]. The van der Waals surface area contributed by atoms with Gasteiger partial charge >= 0.3 is 5.97 Å². The Morgan fingerprint density at radius 3 is 2.57 bits per heavy atom. The molecule has 0 saturated heterocycles. The number of carbonyl (C=O) groups is 2. The molecule has 2 rings (SSSR count). The molecule has 1 aromatic rings. The Kier molecular flexibility index (Phi) is 11.3. The van der Waals surface area contributed by atoms with E-state index in [9.17, 15) is 9.59 Å². The number of hydrogen-bond acceptors (Lipinski definition) is 4. The Labute approximate surface area is 189 Å². The standard InChI is InChI=1S/C21H29NO5.Na/c1-15-5-9-17(10-6-15)22-20(23)12-8-16-7-11-18(19(14-16)26-2)27-13-3-4-21(24)25;/h7-8,11-12,14-15,17H,3-6,9-10,13H2,1-2H3,(H,22,23)(H,24,25);/t15-,17-;. The molecule has 1 fully saturated rings. The number of carboxylic acid groups (broad SMARTS) is 1. The predicted molar refractivity (Wildman–Crippen MR) is 110 cm³/mol. The fraction of sp³-hybridized carbons (Fsp3) is 0.524. The third-order valence-corrected chi connectivity index (χ3v) is 4.77. The minimum Gasteiger partial charge on any atom is -0.493 e. The number of carboxylic acids is 1. The van der Waals surface area contributed by atoms with Crippen LogP contribution >= 0.6 is 0 Å². The van der Waals surface area contributed by atoms with Crippen molar-refractivity contribution in [2.45, 2.75) is 51.5 Å². The molecule has 7 heteroatoms. The molecule has 0 unspecified atom stereocenters. The molecule has 149 valence electrons. The first-order chi connectivity index (χ1) is 13.0. The van der Waals surface area contributed by atoms with E-state index in [0.717, 1.165) is 24.3 Å². The molecule has 1 aromatic carbocycles. The van der Waals surface area contributed by atoms with E-state index in [-0.39, 0.29) is 47.9 Å². The number of carbonyl (C=O) groups excluding carboxylic acids is 1. The molecule has 0 aliphatic heterocycles. The van der Waals surface area contributed by atoms with Gasteiger partial charge in [-0.15, -0.1) is 0 Å². The molecule has 28 heavy (non-hydrogen) atoms. The van der Waals surface area contributed by atoms with Crippen molar-refractivity contribution in [3.63, 3.8) is 0 Å². The van der Waals surface area contributed by atoms with Gasteiger partial charge in [0.2, 0.25) is 5.91 Å². The molecule has 6 nitrogen and oxygen atoms in total. The fourth-order valence-corrected chi connectivity index (χ4v) is 3.14. The van der Waals surface area contributed by atoms with Crippen molar-refractivity contribution < 1.29 is 24.2 Å². The van der Waals surface area contributed by atoms with Gasteiger partial charge in [0.15, 0.2) is 11.5 Å². The average molecular weight is 398 g/mol. The summed E-state index contributed by atoms with van der Waals surface area (Å²) in [4.78, 5) is 22.6. The molecular weight excluding hydrogens is 369 g/mol. The van der Waals surface area contributed by atoms with Crippen LogP contribution in [0.1, 0.15) is 51.0 Å². The van der Waals surface area contributed by atoms with E-state index in [2.05, 4.69) is 12.2 Å². The van der Waals surface area contributed by atoms with Crippen molar-refractivity contribution in [1.29, 1.82) is 0 Å². The molecule has 1 aliphatic carbocycles. The third-order valence-electron chi connectivity index (χ3n) is 4.77. The number of methoxy groups -OCH3 is 1. The Hall–Kier alpha value is -1.50. The van der Waals surface area contributed by atoms with Gasteiger partial charge in [-0.3, -0.25) is 9.59 Å². The first kappa shape index (κ1) is 24.5. The molecule has 0 heterocycles. The number of amides is 1. The van der Waals surface area contributed by atoms with Gasteiger partial charge in [-0.05, 0) is 61.8 Å². The largest absolute Gasteiger partial charge is 0.493 e. The van der Waals surface area contributed by atoms with Gasteiger partial charge in [0.05, 0.1) is 13.7 Å². The van der Waals surface area contributed by atoms with Crippen LogP contribution in [0.5, 0.6) is 11.5 Å². The Balaban J connectivity index is 0.00000392. The van der Waals surface area contributed by atoms with Gasteiger partial charge in [-0.25, -0.2) is 0 Å². The van der Waals surface area contributed by atoms with Gasteiger partial charge in [0.1, 0.15) is 0 Å². The molecule has 1 amide bonds. The van der Waals surface area contributed by atoms with E-state index in [4.69, 9.17) is 14.6 Å². The van der Waals surface area contributed by atoms with Gasteiger partial charge in [-0.2, -0.15) is 0 Å². The molecule has 0 aromatic heterocycles. The topological polar surface area (TPSA) is 84.9 Å². The van der Waals surface area contributed by atoms with Crippen molar-refractivity contribution in [1.82, 2.24) is 5.32 Å². The summed E-state index contributed by atoms with van der Waals surface area (Å²) in [6, 6.07) is 5.66. The van der Waals surface area contributed by atoms with Gasteiger partial charge in [0.25, 0.3) is 0 Å². The summed E-state index contributed by atoms with van der Waals surface area (Å²) < 4.78 is 10.9. The van der Waals surface area contributed by atoms with Crippen molar-refractivity contribution in [3.05, 3.63) is 29.8 Å². The van der Waals surface area contributed by atoms with Crippen LogP contribution in [0.3, 0.4) is 0 Å². The maximum Gasteiger partial charge on any atom is 0.303 e. The summed E-state index contributed by atoms with van der Waals surface area (Å²) in [5.74, 6) is 0.940. The number of benzene rings is 1. The van der Waals surface area contributed by atoms with Gasteiger partial charge in [0, 0.05) is 48.1 Å². The van der Waals surface area contributed by atoms with E-state index in [1.54, 1.807) is 31.4 Å². The van der Waals surface area contributed by atoms with Crippen molar-refractivity contribution in [3.8, 4) is 11.5 Å². The Morgan fingerprint density at radius 1 is 1.21 bits per heavy atom. The zero-order chi connectivity index (χ0) is 19.6. The van der Waals surface area contributed by atoms with Gasteiger partial charge < -0.3 is 19.9 Å². The zero-order valence-electron chi connectivity index (χ0n) is 17.1. The Bertz CT molecular complexity index is 669. The molecule has 0 bridgehead atoms. The summed E-state index contributed by atoms with van der Waals surface area (Å²) in [6.07, 6.45) is 8.21. The number of rotatable bonds is 9. The summed E-state index contributed by atoms with van der Waals surface area (Å²) >= 11 is 0. The van der Waals surface area contributed by atoms with E-state index in [1.807, 2.05) is 6.07 Å². The van der Waals surface area contributed by atoms with Crippen molar-refractivity contribution >= 4 is 47.5 Å². The summed E-state index contributed by atoms with van der Waals surface area (Å²) in [6.45, 7) is 2.56. The van der Waals surface area contributed by atoms with Crippen LogP contribution in [0.4, 0.5) is 0 Å². The smallest absolute Gasteiger partial charge is 0.303 e. The molecule has 2 N–H and O–H groups in total. The number of hydrogen-bond donors (Lipinski definition) is 2. The fourth-order valence-electron chi connectivity index (χ4n) is 3.14. The monoisotopic (exact) mass is 398 g/mol. The van der Waals surface area contributed by atoms with Crippen LogP contribution in [0, 0.1) is 5.92 Å². The van der Waals surface area contributed by atoms with Crippen molar-refractivity contribution in [2.24, 2.45) is 5.92 Å². The second-order valence-corrected chi connectivity index (χ2v) is 7.05.